The van der Waals surface area contributed by atoms with Gasteiger partial charge in [-0.1, -0.05) is 43.7 Å². The fraction of sp³-hybridized carbons (Fsp3) is 0.556. The SMILES string of the molecule is CCC1CN(C(=O)CC(C)C#N)CCC1c1ccccc1. The third kappa shape index (κ3) is 3.85. The largest absolute Gasteiger partial charge is 0.342 e. The van der Waals surface area contributed by atoms with E-state index in [9.17, 15) is 4.79 Å². The standard InChI is InChI=1S/C18H24N2O/c1-3-15-13-20(18(21)11-14(2)12-19)10-9-17(15)16-7-5-4-6-8-16/h4-8,14-15,17H,3,9-11,13H2,1-2H3. The Balaban J connectivity index is 2.02. The predicted molar refractivity (Wildman–Crippen MR) is 83.6 cm³/mol. The van der Waals surface area contributed by atoms with Crippen molar-refractivity contribution in [1.82, 2.24) is 4.90 Å². The fourth-order valence-electron chi connectivity index (χ4n) is 3.25. The zero-order chi connectivity index (χ0) is 15.2. The number of carbonyl (C=O) groups is 1. The molecule has 1 saturated heterocycles. The number of nitriles is 1. The lowest BCUT2D eigenvalue weighted by molar-refractivity contribution is -0.133. The number of likely N-dealkylation sites (tertiary alicyclic amines) is 1. The monoisotopic (exact) mass is 284 g/mol. The summed E-state index contributed by atoms with van der Waals surface area (Å²) in [5, 5.41) is 8.85. The first-order chi connectivity index (χ1) is 10.2. The van der Waals surface area contributed by atoms with Crippen molar-refractivity contribution >= 4 is 5.91 Å². The maximum Gasteiger partial charge on any atom is 0.223 e. The van der Waals surface area contributed by atoms with E-state index in [-0.39, 0.29) is 11.8 Å². The van der Waals surface area contributed by atoms with Crippen molar-refractivity contribution in [3.63, 3.8) is 0 Å². The van der Waals surface area contributed by atoms with Gasteiger partial charge in [0.2, 0.25) is 5.91 Å². The molecule has 2 rings (SSSR count). The molecular weight excluding hydrogens is 260 g/mol. The Labute approximate surface area is 127 Å². The molecule has 1 aliphatic rings. The average Bonchev–Trinajstić information content (AvgIpc) is 2.54. The summed E-state index contributed by atoms with van der Waals surface area (Å²) in [4.78, 5) is 14.2. The number of rotatable bonds is 4. The van der Waals surface area contributed by atoms with Gasteiger partial charge in [-0.05, 0) is 30.7 Å². The van der Waals surface area contributed by atoms with Crippen LogP contribution in [0.4, 0.5) is 0 Å². The summed E-state index contributed by atoms with van der Waals surface area (Å²) in [7, 11) is 0. The lowest BCUT2D eigenvalue weighted by Gasteiger charge is -2.39. The summed E-state index contributed by atoms with van der Waals surface area (Å²) < 4.78 is 0. The Kier molecular flexibility index (Phi) is 5.38. The molecule has 0 saturated carbocycles. The first-order valence-electron chi connectivity index (χ1n) is 7.88. The molecule has 1 amide bonds. The summed E-state index contributed by atoms with van der Waals surface area (Å²) in [6.07, 6.45) is 2.45. The lowest BCUT2D eigenvalue weighted by atomic mass is 9.79. The molecule has 0 spiro atoms. The van der Waals surface area contributed by atoms with Gasteiger partial charge >= 0.3 is 0 Å². The van der Waals surface area contributed by atoms with Crippen molar-refractivity contribution in [3.05, 3.63) is 35.9 Å². The zero-order valence-electron chi connectivity index (χ0n) is 13.0. The maximum atomic E-state index is 12.2. The number of amides is 1. The Bertz CT molecular complexity index is 506. The summed E-state index contributed by atoms with van der Waals surface area (Å²) in [6, 6.07) is 12.8. The fourth-order valence-corrected chi connectivity index (χ4v) is 3.25. The van der Waals surface area contributed by atoms with Gasteiger partial charge in [0.1, 0.15) is 0 Å². The van der Waals surface area contributed by atoms with Crippen molar-refractivity contribution in [2.45, 2.75) is 39.0 Å². The smallest absolute Gasteiger partial charge is 0.223 e. The molecule has 0 N–H and O–H groups in total. The zero-order valence-corrected chi connectivity index (χ0v) is 13.0. The molecule has 0 aliphatic carbocycles. The van der Waals surface area contributed by atoms with Crippen molar-refractivity contribution in [1.29, 1.82) is 5.26 Å². The molecular formula is C18H24N2O. The molecule has 3 heteroatoms. The van der Waals surface area contributed by atoms with E-state index in [1.54, 1.807) is 0 Å². The minimum absolute atomic E-state index is 0.133. The van der Waals surface area contributed by atoms with Gasteiger partial charge in [0, 0.05) is 19.5 Å². The van der Waals surface area contributed by atoms with Crippen LogP contribution >= 0.6 is 0 Å². The molecule has 1 aromatic carbocycles. The van der Waals surface area contributed by atoms with E-state index < -0.39 is 0 Å². The van der Waals surface area contributed by atoms with Crippen LogP contribution in [0.1, 0.15) is 44.6 Å². The number of hydrogen-bond donors (Lipinski definition) is 0. The van der Waals surface area contributed by atoms with Crippen LogP contribution in [0.15, 0.2) is 30.3 Å². The Morgan fingerprint density at radius 1 is 1.43 bits per heavy atom. The molecule has 1 fully saturated rings. The van der Waals surface area contributed by atoms with Crippen LogP contribution < -0.4 is 0 Å². The molecule has 21 heavy (non-hydrogen) atoms. The van der Waals surface area contributed by atoms with E-state index in [1.165, 1.54) is 5.56 Å². The predicted octanol–water partition coefficient (Wildman–Crippen LogP) is 3.58. The summed E-state index contributed by atoms with van der Waals surface area (Å²) >= 11 is 0. The van der Waals surface area contributed by atoms with Crippen molar-refractivity contribution in [2.75, 3.05) is 13.1 Å². The third-order valence-corrected chi connectivity index (χ3v) is 4.54. The molecule has 1 aliphatic heterocycles. The Morgan fingerprint density at radius 3 is 2.76 bits per heavy atom. The number of nitrogens with zero attached hydrogens (tertiary/aromatic N) is 2. The van der Waals surface area contributed by atoms with Crippen LogP contribution in [0.5, 0.6) is 0 Å². The topological polar surface area (TPSA) is 44.1 Å². The van der Waals surface area contributed by atoms with E-state index in [2.05, 4.69) is 37.3 Å². The second-order valence-corrected chi connectivity index (χ2v) is 6.05. The van der Waals surface area contributed by atoms with Gasteiger partial charge in [0.25, 0.3) is 0 Å². The summed E-state index contributed by atoms with van der Waals surface area (Å²) in [5.74, 6) is 1.01. The molecule has 3 nitrogen and oxygen atoms in total. The van der Waals surface area contributed by atoms with Crippen molar-refractivity contribution in [3.8, 4) is 6.07 Å². The molecule has 112 valence electrons. The minimum atomic E-state index is -0.190. The molecule has 3 atom stereocenters. The highest BCUT2D eigenvalue weighted by Gasteiger charge is 2.31. The number of benzene rings is 1. The van der Waals surface area contributed by atoms with Crippen LogP contribution in [0, 0.1) is 23.2 Å². The average molecular weight is 284 g/mol. The van der Waals surface area contributed by atoms with Crippen LogP contribution in [-0.2, 0) is 4.79 Å². The summed E-state index contributed by atoms with van der Waals surface area (Å²) in [6.45, 7) is 5.65. The van der Waals surface area contributed by atoms with Crippen LogP contribution in [0.25, 0.3) is 0 Å². The highest BCUT2D eigenvalue weighted by molar-refractivity contribution is 5.76. The van der Waals surface area contributed by atoms with E-state index in [1.807, 2.05) is 17.9 Å². The van der Waals surface area contributed by atoms with Gasteiger partial charge in [0.05, 0.1) is 12.0 Å². The molecule has 3 unspecified atom stereocenters. The van der Waals surface area contributed by atoms with Gasteiger partial charge in [0.15, 0.2) is 0 Å². The first-order valence-corrected chi connectivity index (χ1v) is 7.88. The van der Waals surface area contributed by atoms with Crippen LogP contribution in [-0.4, -0.2) is 23.9 Å². The summed E-state index contributed by atoms with van der Waals surface area (Å²) in [5.41, 5.74) is 1.39. The third-order valence-electron chi connectivity index (χ3n) is 4.54. The molecule has 0 radical (unpaired) electrons. The Morgan fingerprint density at radius 2 is 2.14 bits per heavy atom. The Hall–Kier alpha value is -1.82. The molecule has 0 aromatic heterocycles. The lowest BCUT2D eigenvalue weighted by Crippen LogP contribution is -2.43. The molecule has 1 aromatic rings. The first kappa shape index (κ1) is 15.6. The quantitative estimate of drug-likeness (QED) is 0.848. The maximum absolute atomic E-state index is 12.2. The highest BCUT2D eigenvalue weighted by atomic mass is 16.2. The number of carbonyl (C=O) groups excluding carboxylic acids is 1. The second kappa shape index (κ2) is 7.26. The van der Waals surface area contributed by atoms with Gasteiger partial charge < -0.3 is 4.90 Å². The van der Waals surface area contributed by atoms with E-state index >= 15 is 0 Å². The normalized spacial score (nSPS) is 23.4. The van der Waals surface area contributed by atoms with E-state index in [4.69, 9.17) is 5.26 Å². The number of hydrogen-bond acceptors (Lipinski definition) is 2. The van der Waals surface area contributed by atoms with Gasteiger partial charge in [-0.2, -0.15) is 5.26 Å². The van der Waals surface area contributed by atoms with Crippen molar-refractivity contribution in [2.24, 2.45) is 11.8 Å². The van der Waals surface area contributed by atoms with Crippen LogP contribution in [0.2, 0.25) is 0 Å². The van der Waals surface area contributed by atoms with Gasteiger partial charge in [-0.15, -0.1) is 0 Å². The minimum Gasteiger partial charge on any atom is -0.342 e. The van der Waals surface area contributed by atoms with Crippen LogP contribution in [0.3, 0.4) is 0 Å². The highest BCUT2D eigenvalue weighted by Crippen LogP contribution is 2.35. The van der Waals surface area contributed by atoms with Gasteiger partial charge in [-0.25, -0.2) is 0 Å². The molecule has 1 heterocycles. The van der Waals surface area contributed by atoms with E-state index in [0.717, 1.165) is 25.9 Å². The van der Waals surface area contributed by atoms with E-state index in [0.29, 0.717) is 18.3 Å². The molecule has 0 bridgehead atoms. The van der Waals surface area contributed by atoms with Gasteiger partial charge in [-0.3, -0.25) is 4.79 Å². The second-order valence-electron chi connectivity index (χ2n) is 6.05. The number of piperidine rings is 1. The van der Waals surface area contributed by atoms with Crippen molar-refractivity contribution < 1.29 is 4.79 Å².